The normalized spacial score (nSPS) is 9.00. The molecule has 0 saturated heterocycles. The summed E-state index contributed by atoms with van der Waals surface area (Å²) in [5.41, 5.74) is 2.53. The van der Waals surface area contributed by atoms with Crippen LogP contribution in [0.2, 0.25) is 0 Å². The molecule has 14 heavy (non-hydrogen) atoms. The topological polar surface area (TPSA) is 17.1 Å². The zero-order valence-electron chi connectivity index (χ0n) is 8.19. The molecule has 0 aliphatic heterocycles. The Balaban J connectivity index is 0.000000146. The molecule has 0 aliphatic rings. The summed E-state index contributed by atoms with van der Waals surface area (Å²) in [6, 6.07) is 3.97. The molecule has 0 bridgehead atoms. The molecular formula is C11H12OS2. The fourth-order valence-corrected chi connectivity index (χ4v) is 2.21. The lowest BCUT2D eigenvalue weighted by molar-refractivity contribution is 0.112. The molecule has 0 atom stereocenters. The van der Waals surface area contributed by atoms with Gasteiger partial charge in [0.1, 0.15) is 0 Å². The highest BCUT2D eigenvalue weighted by molar-refractivity contribution is 7.11. The van der Waals surface area contributed by atoms with Gasteiger partial charge in [-0.05, 0) is 53.2 Å². The lowest BCUT2D eigenvalue weighted by Crippen LogP contribution is -1.64. The van der Waals surface area contributed by atoms with E-state index in [9.17, 15) is 4.79 Å². The van der Waals surface area contributed by atoms with E-state index in [2.05, 4.69) is 23.8 Å². The molecule has 0 N–H and O–H groups in total. The predicted molar refractivity (Wildman–Crippen MR) is 63.5 cm³/mol. The molecule has 0 amide bonds. The van der Waals surface area contributed by atoms with Crippen molar-refractivity contribution in [3.8, 4) is 0 Å². The number of hydrogen-bond donors (Lipinski definition) is 0. The highest BCUT2D eigenvalue weighted by atomic mass is 32.1. The molecular weight excluding hydrogens is 212 g/mol. The van der Waals surface area contributed by atoms with Gasteiger partial charge in [0.05, 0.1) is 4.88 Å². The average molecular weight is 224 g/mol. The maximum absolute atomic E-state index is 10.0. The van der Waals surface area contributed by atoms with E-state index in [1.165, 1.54) is 16.9 Å². The Labute approximate surface area is 92.0 Å². The fraction of sp³-hybridized carbons (Fsp3) is 0.182. The summed E-state index contributed by atoms with van der Waals surface area (Å²) in [6.45, 7) is 4.07. The average Bonchev–Trinajstić information content (AvgIpc) is 2.77. The molecule has 0 fully saturated rings. The number of carbonyl (C=O) groups is 1. The Kier molecular flexibility index (Phi) is 4.56. The lowest BCUT2D eigenvalue weighted by Gasteiger charge is -1.70. The monoisotopic (exact) mass is 224 g/mol. The summed E-state index contributed by atoms with van der Waals surface area (Å²) in [4.78, 5) is 10.8. The molecule has 2 aromatic rings. The van der Waals surface area contributed by atoms with Crippen LogP contribution in [0.1, 0.15) is 20.8 Å². The van der Waals surface area contributed by atoms with Crippen molar-refractivity contribution in [3.63, 3.8) is 0 Å². The third kappa shape index (κ3) is 3.85. The number of rotatable bonds is 1. The zero-order chi connectivity index (χ0) is 10.4. The van der Waals surface area contributed by atoms with Crippen LogP contribution in [0, 0.1) is 13.8 Å². The van der Waals surface area contributed by atoms with Crippen LogP contribution in [-0.2, 0) is 0 Å². The van der Waals surface area contributed by atoms with Crippen LogP contribution in [0.25, 0.3) is 0 Å². The van der Waals surface area contributed by atoms with Gasteiger partial charge < -0.3 is 0 Å². The van der Waals surface area contributed by atoms with Gasteiger partial charge >= 0.3 is 0 Å². The molecule has 74 valence electrons. The first-order chi connectivity index (χ1) is 6.72. The molecule has 0 aliphatic carbocycles. The molecule has 0 unspecified atom stereocenters. The zero-order valence-corrected chi connectivity index (χ0v) is 9.82. The summed E-state index contributed by atoms with van der Waals surface area (Å²) >= 11 is 3.22. The van der Waals surface area contributed by atoms with E-state index in [-0.39, 0.29) is 0 Å². The third-order valence-electron chi connectivity index (χ3n) is 1.53. The quantitative estimate of drug-likeness (QED) is 0.671. The van der Waals surface area contributed by atoms with Gasteiger partial charge in [-0.1, -0.05) is 0 Å². The Hall–Kier alpha value is -0.930. The van der Waals surface area contributed by atoms with Gasteiger partial charge in [-0.15, -0.1) is 11.3 Å². The van der Waals surface area contributed by atoms with Crippen LogP contribution in [0.15, 0.2) is 28.3 Å². The minimum atomic E-state index is 0.808. The van der Waals surface area contributed by atoms with Crippen LogP contribution >= 0.6 is 22.7 Å². The number of thiophene rings is 2. The van der Waals surface area contributed by atoms with Crippen LogP contribution < -0.4 is 0 Å². The number of aryl methyl sites for hydroxylation is 2. The molecule has 0 spiro atoms. The van der Waals surface area contributed by atoms with Crippen LogP contribution in [0.4, 0.5) is 0 Å². The molecule has 2 aromatic heterocycles. The molecule has 0 saturated carbocycles. The van der Waals surface area contributed by atoms with Crippen molar-refractivity contribution >= 4 is 29.0 Å². The summed E-state index contributed by atoms with van der Waals surface area (Å²) in [5.74, 6) is 0. The first-order valence-electron chi connectivity index (χ1n) is 4.21. The summed E-state index contributed by atoms with van der Waals surface area (Å²) in [6.07, 6.45) is 0.873. The van der Waals surface area contributed by atoms with Gasteiger partial charge in [0.2, 0.25) is 0 Å². The second-order valence-corrected chi connectivity index (χ2v) is 4.67. The molecule has 2 rings (SSSR count). The van der Waals surface area contributed by atoms with Gasteiger partial charge in [-0.3, -0.25) is 4.79 Å². The molecule has 2 heterocycles. The van der Waals surface area contributed by atoms with Crippen LogP contribution in [0.5, 0.6) is 0 Å². The Morgan fingerprint density at radius 1 is 1.21 bits per heavy atom. The van der Waals surface area contributed by atoms with E-state index >= 15 is 0 Å². The minimum Gasteiger partial charge on any atom is -0.297 e. The summed E-state index contributed by atoms with van der Waals surface area (Å²) in [5, 5.41) is 6.17. The minimum absolute atomic E-state index is 0.808. The van der Waals surface area contributed by atoms with Gasteiger partial charge in [0.15, 0.2) is 6.29 Å². The second kappa shape index (κ2) is 5.73. The molecule has 3 heteroatoms. The van der Waals surface area contributed by atoms with E-state index in [0.717, 1.165) is 16.7 Å². The predicted octanol–water partition coefficient (Wildman–Crippen LogP) is 3.93. The van der Waals surface area contributed by atoms with E-state index in [1.807, 2.05) is 18.4 Å². The van der Waals surface area contributed by atoms with Crippen molar-refractivity contribution in [1.29, 1.82) is 0 Å². The molecule has 1 nitrogen and oxygen atoms in total. The largest absolute Gasteiger partial charge is 0.297 e. The van der Waals surface area contributed by atoms with Gasteiger partial charge in [0.25, 0.3) is 0 Å². The fourth-order valence-electron chi connectivity index (χ4n) is 0.848. The van der Waals surface area contributed by atoms with E-state index in [4.69, 9.17) is 0 Å². The number of hydrogen-bond acceptors (Lipinski definition) is 3. The highest BCUT2D eigenvalue weighted by Gasteiger charge is 1.90. The van der Waals surface area contributed by atoms with Crippen LogP contribution in [0.3, 0.4) is 0 Å². The highest BCUT2D eigenvalue weighted by Crippen LogP contribution is 2.09. The first kappa shape index (κ1) is 11.1. The van der Waals surface area contributed by atoms with Gasteiger partial charge in [-0.2, -0.15) is 11.3 Å². The van der Waals surface area contributed by atoms with E-state index in [0.29, 0.717) is 0 Å². The summed E-state index contributed by atoms with van der Waals surface area (Å²) < 4.78 is 0. The second-order valence-electron chi connectivity index (χ2n) is 2.94. The van der Waals surface area contributed by atoms with Crippen LogP contribution in [-0.4, -0.2) is 6.29 Å². The first-order valence-corrected chi connectivity index (χ1v) is 6.03. The van der Waals surface area contributed by atoms with Crippen molar-refractivity contribution in [2.45, 2.75) is 13.8 Å². The number of aldehydes is 1. The Morgan fingerprint density at radius 2 is 2.00 bits per heavy atom. The lowest BCUT2D eigenvalue weighted by atomic mass is 10.4. The van der Waals surface area contributed by atoms with E-state index in [1.54, 1.807) is 11.3 Å². The van der Waals surface area contributed by atoms with Gasteiger partial charge in [0, 0.05) is 0 Å². The molecule has 0 radical (unpaired) electrons. The molecule has 0 aromatic carbocycles. The Morgan fingerprint density at radius 3 is 2.21 bits per heavy atom. The van der Waals surface area contributed by atoms with Crippen molar-refractivity contribution < 1.29 is 4.79 Å². The Bertz CT molecular complexity index is 374. The maximum Gasteiger partial charge on any atom is 0.160 e. The van der Waals surface area contributed by atoms with Crippen molar-refractivity contribution in [2.75, 3.05) is 0 Å². The van der Waals surface area contributed by atoms with Crippen molar-refractivity contribution in [2.24, 2.45) is 0 Å². The smallest absolute Gasteiger partial charge is 0.160 e. The van der Waals surface area contributed by atoms with Crippen molar-refractivity contribution in [1.82, 2.24) is 0 Å². The number of carbonyl (C=O) groups excluding carboxylic acids is 1. The summed E-state index contributed by atoms with van der Waals surface area (Å²) in [7, 11) is 0. The SMILES string of the molecule is Cc1ccsc1.Cc1csc(C=O)c1. The van der Waals surface area contributed by atoms with Crippen molar-refractivity contribution in [3.05, 3.63) is 44.3 Å². The standard InChI is InChI=1S/C6H6OS.C5H6S/c1-5-2-6(3-7)8-4-5;1-5-2-3-6-4-5/h2-4H,1H3;2-4H,1H3. The van der Waals surface area contributed by atoms with Gasteiger partial charge in [-0.25, -0.2) is 0 Å². The maximum atomic E-state index is 10.0. The third-order valence-corrected chi connectivity index (χ3v) is 3.31. The van der Waals surface area contributed by atoms with E-state index < -0.39 is 0 Å².